The molecule has 12 nitrogen and oxygen atoms in total. The maximum Gasteiger partial charge on any atom is 0.303 e. The molecule has 2 aromatic rings. The van der Waals surface area contributed by atoms with E-state index in [1.165, 1.54) is 31.9 Å². The number of aromatic nitrogens is 4. The molecule has 1 aliphatic rings. The van der Waals surface area contributed by atoms with Gasteiger partial charge in [0.2, 0.25) is 11.8 Å². The molecule has 0 bridgehead atoms. The van der Waals surface area contributed by atoms with Crippen LogP contribution < -0.4 is 10.5 Å². The number of imidazole rings is 1. The van der Waals surface area contributed by atoms with Gasteiger partial charge in [0, 0.05) is 13.8 Å². The van der Waals surface area contributed by atoms with E-state index in [4.69, 9.17) is 24.7 Å². The SMILES string of the molecule is COc1nc(N)nc2c1ncn2[C@@H]1O[C@H](CO)[C@@H](OC(C)=O)[C@@H]1OC(C)=O. The number of carbonyl (C=O) groups is 2. The molecule has 1 fully saturated rings. The number of ether oxygens (including phenoxy) is 4. The average molecular weight is 381 g/mol. The fraction of sp³-hybridized carbons (Fsp3) is 0.533. The molecule has 27 heavy (non-hydrogen) atoms. The van der Waals surface area contributed by atoms with Gasteiger partial charge >= 0.3 is 11.9 Å². The summed E-state index contributed by atoms with van der Waals surface area (Å²) in [5.41, 5.74) is 6.29. The molecule has 0 aromatic carbocycles. The van der Waals surface area contributed by atoms with Crippen molar-refractivity contribution in [1.29, 1.82) is 0 Å². The number of aliphatic hydroxyl groups excluding tert-OH is 1. The van der Waals surface area contributed by atoms with Gasteiger partial charge in [-0.15, -0.1) is 0 Å². The molecule has 0 aliphatic carbocycles. The molecule has 2 aromatic heterocycles. The van der Waals surface area contributed by atoms with Gasteiger partial charge in [0.15, 0.2) is 29.6 Å². The summed E-state index contributed by atoms with van der Waals surface area (Å²) in [5.74, 6) is -1.11. The van der Waals surface area contributed by atoms with E-state index in [0.717, 1.165) is 0 Å². The van der Waals surface area contributed by atoms with Crippen LogP contribution in [0.3, 0.4) is 0 Å². The molecule has 3 rings (SSSR count). The van der Waals surface area contributed by atoms with E-state index in [2.05, 4.69) is 15.0 Å². The van der Waals surface area contributed by atoms with E-state index in [9.17, 15) is 14.7 Å². The summed E-state index contributed by atoms with van der Waals surface area (Å²) >= 11 is 0. The highest BCUT2D eigenvalue weighted by Gasteiger charge is 2.50. The first-order valence-corrected chi connectivity index (χ1v) is 8.00. The number of carbonyl (C=O) groups excluding carboxylic acids is 2. The van der Waals surface area contributed by atoms with Crippen molar-refractivity contribution in [3.8, 4) is 5.88 Å². The highest BCUT2D eigenvalue weighted by molar-refractivity contribution is 5.77. The zero-order valence-electron chi connectivity index (χ0n) is 14.9. The van der Waals surface area contributed by atoms with Gasteiger partial charge < -0.3 is 29.8 Å². The van der Waals surface area contributed by atoms with E-state index < -0.39 is 43.1 Å². The summed E-state index contributed by atoms with van der Waals surface area (Å²) in [4.78, 5) is 35.3. The van der Waals surface area contributed by atoms with Crippen LogP contribution in [0.15, 0.2) is 6.33 Å². The Balaban J connectivity index is 2.08. The Morgan fingerprint density at radius 1 is 1.26 bits per heavy atom. The number of nitrogens with zero attached hydrogens (tertiary/aromatic N) is 4. The second-order valence-electron chi connectivity index (χ2n) is 5.81. The molecule has 12 heteroatoms. The van der Waals surface area contributed by atoms with Crippen LogP contribution in [0.4, 0.5) is 5.95 Å². The third-order valence-corrected chi connectivity index (χ3v) is 3.94. The van der Waals surface area contributed by atoms with Gasteiger partial charge in [0.1, 0.15) is 6.10 Å². The molecule has 1 aliphatic heterocycles. The molecule has 0 unspecified atom stereocenters. The normalized spacial score (nSPS) is 24.7. The molecule has 0 saturated carbocycles. The Morgan fingerprint density at radius 3 is 2.52 bits per heavy atom. The van der Waals surface area contributed by atoms with Gasteiger partial charge in [0.25, 0.3) is 0 Å². The van der Waals surface area contributed by atoms with Crippen LogP contribution in [0, 0.1) is 0 Å². The Kier molecular flexibility index (Phi) is 5.10. The highest BCUT2D eigenvalue weighted by Crippen LogP contribution is 2.36. The van der Waals surface area contributed by atoms with Crippen LogP contribution in [-0.4, -0.2) is 68.6 Å². The molecule has 0 spiro atoms. The fourth-order valence-electron chi connectivity index (χ4n) is 2.97. The Bertz CT molecular complexity index is 870. The fourth-order valence-corrected chi connectivity index (χ4v) is 2.97. The molecule has 3 heterocycles. The number of nitrogen functional groups attached to an aromatic ring is 1. The number of methoxy groups -OCH3 is 1. The maximum atomic E-state index is 11.6. The quantitative estimate of drug-likeness (QED) is 0.622. The molecule has 1 saturated heterocycles. The number of esters is 2. The second kappa shape index (κ2) is 7.32. The zero-order chi connectivity index (χ0) is 19.7. The van der Waals surface area contributed by atoms with Crippen LogP contribution in [0.2, 0.25) is 0 Å². The first-order chi connectivity index (χ1) is 12.8. The molecular weight excluding hydrogens is 362 g/mol. The number of anilines is 1. The van der Waals surface area contributed by atoms with E-state index in [0.29, 0.717) is 5.52 Å². The van der Waals surface area contributed by atoms with Crippen LogP contribution in [-0.2, 0) is 23.8 Å². The van der Waals surface area contributed by atoms with E-state index in [1.54, 1.807) is 0 Å². The minimum absolute atomic E-state index is 0.0571. The number of hydrogen-bond donors (Lipinski definition) is 2. The lowest BCUT2D eigenvalue weighted by Crippen LogP contribution is -2.40. The molecule has 3 N–H and O–H groups in total. The number of rotatable bonds is 5. The lowest BCUT2D eigenvalue weighted by molar-refractivity contribution is -0.165. The first-order valence-electron chi connectivity index (χ1n) is 8.00. The van der Waals surface area contributed by atoms with Gasteiger partial charge in [-0.2, -0.15) is 9.97 Å². The standard InChI is InChI=1S/C15H19N5O7/c1-6(22)25-10-8(4-21)27-14(11(10)26-7(2)23)20-5-17-9-12(20)18-15(16)19-13(9)24-3/h5,8,10-11,14,21H,4H2,1-3H3,(H2,16,18,19)/t8-,10-,11+,14-/m1/s1. The van der Waals surface area contributed by atoms with Gasteiger partial charge in [-0.05, 0) is 0 Å². The van der Waals surface area contributed by atoms with Crippen molar-refractivity contribution < 1.29 is 33.6 Å². The Morgan fingerprint density at radius 2 is 1.93 bits per heavy atom. The van der Waals surface area contributed by atoms with Gasteiger partial charge in [-0.1, -0.05) is 0 Å². The number of hydrogen-bond acceptors (Lipinski definition) is 11. The van der Waals surface area contributed by atoms with Crippen molar-refractivity contribution in [2.75, 3.05) is 19.5 Å². The third-order valence-electron chi connectivity index (χ3n) is 3.94. The Hall–Kier alpha value is -2.99. The minimum Gasteiger partial charge on any atom is -0.479 e. The van der Waals surface area contributed by atoms with E-state index in [-0.39, 0.29) is 17.5 Å². The van der Waals surface area contributed by atoms with Crippen LogP contribution in [0.1, 0.15) is 20.1 Å². The third kappa shape index (κ3) is 3.48. The number of nitrogens with two attached hydrogens (primary N) is 1. The monoisotopic (exact) mass is 381 g/mol. The second-order valence-corrected chi connectivity index (χ2v) is 5.81. The largest absolute Gasteiger partial charge is 0.479 e. The summed E-state index contributed by atoms with van der Waals surface area (Å²) in [5, 5.41) is 9.61. The number of fused-ring (bicyclic) bond motifs is 1. The molecular formula is C15H19N5O7. The van der Waals surface area contributed by atoms with Crippen molar-refractivity contribution in [2.24, 2.45) is 0 Å². The van der Waals surface area contributed by atoms with Crippen molar-refractivity contribution in [3.63, 3.8) is 0 Å². The van der Waals surface area contributed by atoms with Crippen LogP contribution in [0.25, 0.3) is 11.2 Å². The molecule has 4 atom stereocenters. The predicted octanol–water partition coefficient (Wildman–Crippen LogP) is -0.830. The Labute approximate surface area is 153 Å². The summed E-state index contributed by atoms with van der Waals surface area (Å²) < 4.78 is 22.9. The van der Waals surface area contributed by atoms with Gasteiger partial charge in [-0.3, -0.25) is 14.2 Å². The van der Waals surface area contributed by atoms with Crippen molar-refractivity contribution in [1.82, 2.24) is 19.5 Å². The minimum atomic E-state index is -1.04. The molecule has 0 amide bonds. The summed E-state index contributed by atoms with van der Waals surface area (Å²) in [7, 11) is 1.41. The lowest BCUT2D eigenvalue weighted by atomic mass is 10.1. The van der Waals surface area contributed by atoms with Crippen LogP contribution >= 0.6 is 0 Å². The average Bonchev–Trinajstić information content (AvgIpc) is 3.15. The van der Waals surface area contributed by atoms with Crippen molar-refractivity contribution in [2.45, 2.75) is 38.4 Å². The van der Waals surface area contributed by atoms with Crippen molar-refractivity contribution in [3.05, 3.63) is 6.33 Å². The van der Waals surface area contributed by atoms with Crippen LogP contribution in [0.5, 0.6) is 5.88 Å². The maximum absolute atomic E-state index is 11.6. The molecule has 146 valence electrons. The summed E-state index contributed by atoms with van der Waals surface area (Å²) in [6.07, 6.45) is -2.56. The predicted molar refractivity (Wildman–Crippen MR) is 88.4 cm³/mol. The topological polar surface area (TPSA) is 161 Å². The van der Waals surface area contributed by atoms with Gasteiger partial charge in [0.05, 0.1) is 20.0 Å². The van der Waals surface area contributed by atoms with E-state index in [1.807, 2.05) is 0 Å². The number of aliphatic hydroxyl groups is 1. The zero-order valence-corrected chi connectivity index (χ0v) is 14.9. The first kappa shape index (κ1) is 18.8. The van der Waals surface area contributed by atoms with Crippen molar-refractivity contribution >= 4 is 29.1 Å². The smallest absolute Gasteiger partial charge is 0.303 e. The highest BCUT2D eigenvalue weighted by atomic mass is 16.6. The molecule has 0 radical (unpaired) electrons. The summed E-state index contributed by atoms with van der Waals surface area (Å²) in [6.45, 7) is 1.96. The van der Waals surface area contributed by atoms with Gasteiger partial charge in [-0.25, -0.2) is 4.98 Å². The lowest BCUT2D eigenvalue weighted by Gasteiger charge is -2.23. The summed E-state index contributed by atoms with van der Waals surface area (Å²) in [6, 6.07) is 0. The van der Waals surface area contributed by atoms with E-state index >= 15 is 0 Å².